The Morgan fingerprint density at radius 1 is 1.27 bits per heavy atom. The van der Waals surface area contributed by atoms with Crippen LogP contribution in [0.1, 0.15) is 51.9 Å². The van der Waals surface area contributed by atoms with Gasteiger partial charge in [0.05, 0.1) is 6.10 Å². The molecule has 0 aromatic heterocycles. The number of rotatable bonds is 5. The van der Waals surface area contributed by atoms with Crippen LogP contribution in [0.25, 0.3) is 0 Å². The van der Waals surface area contributed by atoms with Gasteiger partial charge in [0.2, 0.25) is 0 Å². The van der Waals surface area contributed by atoms with E-state index in [1.165, 1.54) is 38.5 Å². The van der Waals surface area contributed by atoms with Crippen LogP contribution in [0.15, 0.2) is 0 Å². The summed E-state index contributed by atoms with van der Waals surface area (Å²) in [6.45, 7) is 3.11. The van der Waals surface area contributed by atoms with Crippen LogP contribution in [0.2, 0.25) is 0 Å². The first-order valence-corrected chi connectivity index (χ1v) is 6.65. The van der Waals surface area contributed by atoms with Crippen molar-refractivity contribution in [3.63, 3.8) is 0 Å². The first kappa shape index (κ1) is 11.4. The van der Waals surface area contributed by atoms with Gasteiger partial charge >= 0.3 is 0 Å². The Bertz CT molecular complexity index is 183. The molecule has 88 valence electrons. The number of hydrogen-bond acceptors (Lipinski definition) is 2. The van der Waals surface area contributed by atoms with Crippen molar-refractivity contribution in [2.45, 2.75) is 64.0 Å². The molecular formula is C13H25NO. The van der Waals surface area contributed by atoms with E-state index < -0.39 is 0 Å². The van der Waals surface area contributed by atoms with E-state index in [0.29, 0.717) is 6.04 Å². The molecule has 0 bridgehead atoms. The summed E-state index contributed by atoms with van der Waals surface area (Å²) in [5.74, 6) is 1.71. The molecule has 2 heteroatoms. The average molecular weight is 211 g/mol. The van der Waals surface area contributed by atoms with Gasteiger partial charge < -0.3 is 10.4 Å². The predicted molar refractivity (Wildman–Crippen MR) is 62.8 cm³/mol. The van der Waals surface area contributed by atoms with Crippen LogP contribution in [0, 0.1) is 11.8 Å². The lowest BCUT2D eigenvalue weighted by molar-refractivity contribution is 0.124. The Hall–Kier alpha value is -0.0800. The van der Waals surface area contributed by atoms with Gasteiger partial charge in [-0.3, -0.25) is 0 Å². The summed E-state index contributed by atoms with van der Waals surface area (Å²) in [7, 11) is 0. The number of nitrogens with one attached hydrogen (secondary N) is 1. The molecule has 2 aliphatic rings. The molecule has 0 aromatic rings. The summed E-state index contributed by atoms with van der Waals surface area (Å²) in [5, 5.41) is 13.4. The van der Waals surface area contributed by atoms with Crippen LogP contribution in [0.3, 0.4) is 0 Å². The lowest BCUT2D eigenvalue weighted by Crippen LogP contribution is -2.43. The minimum atomic E-state index is -0.107. The molecule has 0 saturated heterocycles. The van der Waals surface area contributed by atoms with E-state index in [1.54, 1.807) is 0 Å². The number of aliphatic hydroxyl groups is 1. The first-order valence-electron chi connectivity index (χ1n) is 6.65. The van der Waals surface area contributed by atoms with Gasteiger partial charge in [0.25, 0.3) is 0 Å². The highest BCUT2D eigenvalue weighted by atomic mass is 16.3. The van der Waals surface area contributed by atoms with Gasteiger partial charge in [-0.15, -0.1) is 0 Å². The molecule has 1 unspecified atom stereocenters. The fourth-order valence-corrected chi connectivity index (χ4v) is 3.09. The van der Waals surface area contributed by atoms with Crippen LogP contribution < -0.4 is 5.32 Å². The summed E-state index contributed by atoms with van der Waals surface area (Å²) in [4.78, 5) is 0. The smallest absolute Gasteiger partial charge is 0.0667 e. The van der Waals surface area contributed by atoms with Crippen molar-refractivity contribution >= 4 is 0 Å². The lowest BCUT2D eigenvalue weighted by Gasteiger charge is -2.34. The molecule has 0 aromatic carbocycles. The molecule has 0 amide bonds. The van der Waals surface area contributed by atoms with E-state index in [0.717, 1.165) is 24.8 Å². The maximum Gasteiger partial charge on any atom is 0.0667 e. The topological polar surface area (TPSA) is 32.3 Å². The number of hydrogen-bond donors (Lipinski definition) is 2. The highest BCUT2D eigenvalue weighted by Gasteiger charge is 2.25. The molecule has 0 heterocycles. The van der Waals surface area contributed by atoms with Crippen molar-refractivity contribution in [3.05, 3.63) is 0 Å². The summed E-state index contributed by atoms with van der Waals surface area (Å²) in [6.07, 6.45) is 8.97. The quantitative estimate of drug-likeness (QED) is 0.731. The van der Waals surface area contributed by atoms with E-state index in [-0.39, 0.29) is 6.10 Å². The minimum absolute atomic E-state index is 0.107. The summed E-state index contributed by atoms with van der Waals surface area (Å²) in [6, 6.07) is 0.693. The van der Waals surface area contributed by atoms with Gasteiger partial charge in [0, 0.05) is 12.6 Å². The largest absolute Gasteiger partial charge is 0.392 e. The van der Waals surface area contributed by atoms with E-state index in [2.05, 4.69) is 12.2 Å². The van der Waals surface area contributed by atoms with Gasteiger partial charge in [0.15, 0.2) is 0 Å². The Morgan fingerprint density at radius 2 is 1.93 bits per heavy atom. The molecule has 1 atom stereocenters. The second kappa shape index (κ2) is 5.31. The Morgan fingerprint density at radius 3 is 2.53 bits per heavy atom. The third kappa shape index (κ3) is 3.46. The number of aliphatic hydroxyl groups excluding tert-OH is 1. The van der Waals surface area contributed by atoms with E-state index in [9.17, 15) is 5.11 Å². The maximum absolute atomic E-state index is 9.88. The average Bonchev–Trinajstić information content (AvgIpc) is 2.63. The molecule has 2 nitrogen and oxygen atoms in total. The van der Waals surface area contributed by atoms with Gasteiger partial charge in [-0.2, -0.15) is 0 Å². The fraction of sp³-hybridized carbons (Fsp3) is 1.00. The highest BCUT2D eigenvalue weighted by Crippen LogP contribution is 2.29. The molecular weight excluding hydrogens is 186 g/mol. The van der Waals surface area contributed by atoms with Crippen LogP contribution in [0.4, 0.5) is 0 Å². The van der Waals surface area contributed by atoms with Crippen LogP contribution >= 0.6 is 0 Å². The van der Waals surface area contributed by atoms with Crippen LogP contribution in [-0.4, -0.2) is 23.8 Å². The van der Waals surface area contributed by atoms with Crippen LogP contribution in [-0.2, 0) is 0 Å². The standard InChI is InChI=1S/C13H25NO/c1-10-6-12(7-10)14-9-13(15)8-11-4-2-3-5-11/h10-15H,2-9H2,1H3. The molecule has 2 aliphatic carbocycles. The second-order valence-corrected chi connectivity index (χ2v) is 5.72. The summed E-state index contributed by atoms with van der Waals surface area (Å²) in [5.41, 5.74) is 0. The zero-order valence-corrected chi connectivity index (χ0v) is 9.91. The zero-order valence-electron chi connectivity index (χ0n) is 9.91. The summed E-state index contributed by atoms with van der Waals surface area (Å²) < 4.78 is 0. The molecule has 0 radical (unpaired) electrons. The molecule has 2 saturated carbocycles. The van der Waals surface area contributed by atoms with E-state index >= 15 is 0 Å². The minimum Gasteiger partial charge on any atom is -0.392 e. The van der Waals surface area contributed by atoms with Gasteiger partial charge in [0.1, 0.15) is 0 Å². The third-order valence-corrected chi connectivity index (χ3v) is 4.10. The van der Waals surface area contributed by atoms with Crippen molar-refractivity contribution < 1.29 is 5.11 Å². The molecule has 0 spiro atoms. The lowest BCUT2D eigenvalue weighted by atomic mass is 9.82. The molecule has 2 fully saturated rings. The van der Waals surface area contributed by atoms with Crippen LogP contribution in [0.5, 0.6) is 0 Å². The normalized spacial score (nSPS) is 34.0. The van der Waals surface area contributed by atoms with Crippen molar-refractivity contribution in [2.24, 2.45) is 11.8 Å². The van der Waals surface area contributed by atoms with Crippen molar-refractivity contribution in [2.75, 3.05) is 6.54 Å². The van der Waals surface area contributed by atoms with Gasteiger partial charge in [-0.25, -0.2) is 0 Å². The summed E-state index contributed by atoms with van der Waals surface area (Å²) >= 11 is 0. The predicted octanol–water partition coefficient (Wildman–Crippen LogP) is 2.32. The van der Waals surface area contributed by atoms with Crippen molar-refractivity contribution in [1.29, 1.82) is 0 Å². The van der Waals surface area contributed by atoms with E-state index in [4.69, 9.17) is 0 Å². The highest BCUT2D eigenvalue weighted by molar-refractivity contribution is 4.83. The fourth-order valence-electron chi connectivity index (χ4n) is 3.09. The molecule has 0 aliphatic heterocycles. The molecule has 2 N–H and O–H groups in total. The van der Waals surface area contributed by atoms with Crippen molar-refractivity contribution in [3.8, 4) is 0 Å². The van der Waals surface area contributed by atoms with Gasteiger partial charge in [-0.05, 0) is 31.1 Å². The first-order chi connectivity index (χ1) is 7.24. The van der Waals surface area contributed by atoms with Gasteiger partial charge in [-0.1, -0.05) is 32.6 Å². The maximum atomic E-state index is 9.88. The van der Waals surface area contributed by atoms with E-state index in [1.807, 2.05) is 0 Å². The Labute approximate surface area is 93.5 Å². The molecule has 15 heavy (non-hydrogen) atoms. The second-order valence-electron chi connectivity index (χ2n) is 5.72. The SMILES string of the molecule is CC1CC(NCC(O)CC2CCCC2)C1. The monoisotopic (exact) mass is 211 g/mol. The zero-order chi connectivity index (χ0) is 10.7. The Balaban J connectivity index is 1.54. The van der Waals surface area contributed by atoms with Crippen molar-refractivity contribution in [1.82, 2.24) is 5.32 Å². The Kier molecular flexibility index (Phi) is 4.04. The molecule has 2 rings (SSSR count). The third-order valence-electron chi connectivity index (χ3n) is 4.10.